The molecule has 1 aromatic carbocycles. The molecule has 8 nitrogen and oxygen atoms in total. The van der Waals surface area contributed by atoms with E-state index in [-0.39, 0.29) is 12.3 Å². The quantitative estimate of drug-likeness (QED) is 0.841. The summed E-state index contributed by atoms with van der Waals surface area (Å²) in [5, 5.41) is 24.7. The molecule has 0 saturated carbocycles. The van der Waals surface area contributed by atoms with Gasteiger partial charge in [-0.25, -0.2) is 9.48 Å². The Bertz CT molecular complexity index is 690. The Labute approximate surface area is 120 Å². The maximum atomic E-state index is 10.7. The van der Waals surface area contributed by atoms with Crippen LogP contribution in [-0.2, 0) is 6.54 Å². The fraction of sp³-hybridized carbons (Fsp3) is 0.231. The Kier molecular flexibility index (Phi) is 4.36. The number of nitriles is 1. The van der Waals surface area contributed by atoms with Gasteiger partial charge in [0.15, 0.2) is 17.2 Å². The molecule has 8 heteroatoms. The second-order valence-electron chi connectivity index (χ2n) is 4.00. The third kappa shape index (κ3) is 3.48. The van der Waals surface area contributed by atoms with Crippen molar-refractivity contribution in [3.63, 3.8) is 0 Å². The first-order chi connectivity index (χ1) is 10.1. The van der Waals surface area contributed by atoms with Gasteiger partial charge in [-0.1, -0.05) is 5.21 Å². The van der Waals surface area contributed by atoms with E-state index < -0.39 is 5.97 Å². The summed E-state index contributed by atoms with van der Waals surface area (Å²) in [7, 11) is 1.49. The molecule has 0 unspecified atom stereocenters. The second kappa shape index (κ2) is 6.38. The van der Waals surface area contributed by atoms with Gasteiger partial charge in [0.2, 0.25) is 0 Å². The average molecular weight is 288 g/mol. The van der Waals surface area contributed by atoms with Crippen molar-refractivity contribution in [2.45, 2.75) is 6.54 Å². The highest BCUT2D eigenvalue weighted by Gasteiger charge is 2.09. The molecule has 1 N–H and O–H groups in total. The van der Waals surface area contributed by atoms with Crippen LogP contribution in [0.25, 0.3) is 0 Å². The summed E-state index contributed by atoms with van der Waals surface area (Å²) in [6, 6.07) is 6.85. The minimum Gasteiger partial charge on any atom is -0.493 e. The third-order valence-corrected chi connectivity index (χ3v) is 2.63. The number of nitrogens with zero attached hydrogens (tertiary/aromatic N) is 4. The van der Waals surface area contributed by atoms with E-state index in [2.05, 4.69) is 10.3 Å². The van der Waals surface area contributed by atoms with Crippen molar-refractivity contribution in [1.29, 1.82) is 5.26 Å². The molecule has 2 rings (SSSR count). The van der Waals surface area contributed by atoms with Crippen LogP contribution < -0.4 is 9.47 Å². The van der Waals surface area contributed by atoms with E-state index in [1.54, 1.807) is 18.2 Å². The highest BCUT2D eigenvalue weighted by Crippen LogP contribution is 2.27. The normalized spacial score (nSPS) is 9.90. The molecule has 0 spiro atoms. The van der Waals surface area contributed by atoms with Crippen LogP contribution in [0, 0.1) is 11.3 Å². The monoisotopic (exact) mass is 288 g/mol. The Morgan fingerprint density at radius 1 is 1.48 bits per heavy atom. The zero-order chi connectivity index (χ0) is 15.2. The van der Waals surface area contributed by atoms with E-state index in [1.807, 2.05) is 6.07 Å². The molecule has 0 radical (unpaired) electrons. The Hall–Kier alpha value is -3.08. The molecule has 0 aliphatic rings. The Morgan fingerprint density at radius 2 is 2.29 bits per heavy atom. The van der Waals surface area contributed by atoms with Gasteiger partial charge in [0.05, 0.1) is 31.5 Å². The van der Waals surface area contributed by atoms with Crippen molar-refractivity contribution >= 4 is 5.97 Å². The lowest BCUT2D eigenvalue weighted by atomic mass is 10.2. The molecule has 0 amide bonds. The zero-order valence-corrected chi connectivity index (χ0v) is 11.2. The van der Waals surface area contributed by atoms with E-state index in [0.717, 1.165) is 0 Å². The number of benzene rings is 1. The van der Waals surface area contributed by atoms with Crippen molar-refractivity contribution < 1.29 is 19.4 Å². The van der Waals surface area contributed by atoms with Crippen LogP contribution in [0.5, 0.6) is 11.5 Å². The number of methoxy groups -OCH3 is 1. The molecule has 0 aliphatic heterocycles. The highest BCUT2D eigenvalue weighted by molar-refractivity contribution is 5.84. The first-order valence-electron chi connectivity index (χ1n) is 5.98. The number of rotatable bonds is 6. The maximum absolute atomic E-state index is 10.7. The van der Waals surface area contributed by atoms with Crippen LogP contribution in [0.15, 0.2) is 24.4 Å². The number of ether oxygens (including phenoxy) is 2. The van der Waals surface area contributed by atoms with Gasteiger partial charge in [0.1, 0.15) is 6.61 Å². The van der Waals surface area contributed by atoms with Crippen LogP contribution in [0.3, 0.4) is 0 Å². The van der Waals surface area contributed by atoms with E-state index in [4.69, 9.17) is 19.8 Å². The van der Waals surface area contributed by atoms with Crippen LogP contribution >= 0.6 is 0 Å². The standard InChI is InChI=1S/C13H12N4O4/c1-20-12-6-9(7-14)2-3-11(12)21-5-4-17-8-10(13(18)19)15-16-17/h2-3,6,8H,4-5H2,1H3,(H,18,19). The van der Waals surface area contributed by atoms with E-state index in [1.165, 1.54) is 18.0 Å². The Balaban J connectivity index is 1.96. The molecule has 0 saturated heterocycles. The van der Waals surface area contributed by atoms with E-state index >= 15 is 0 Å². The van der Waals surface area contributed by atoms with Gasteiger partial charge in [-0.3, -0.25) is 0 Å². The molecule has 2 aromatic rings. The molecular weight excluding hydrogens is 276 g/mol. The van der Waals surface area contributed by atoms with Gasteiger partial charge >= 0.3 is 5.97 Å². The van der Waals surface area contributed by atoms with Gasteiger partial charge in [-0.05, 0) is 12.1 Å². The third-order valence-electron chi connectivity index (χ3n) is 2.63. The summed E-state index contributed by atoms with van der Waals surface area (Å²) >= 11 is 0. The number of hydrogen-bond acceptors (Lipinski definition) is 6. The van der Waals surface area contributed by atoms with Crippen molar-refractivity contribution in [1.82, 2.24) is 15.0 Å². The smallest absolute Gasteiger partial charge is 0.358 e. The molecule has 0 bridgehead atoms. The van der Waals surface area contributed by atoms with E-state index in [0.29, 0.717) is 23.6 Å². The molecule has 108 valence electrons. The largest absolute Gasteiger partial charge is 0.493 e. The van der Waals surface area contributed by atoms with Crippen molar-refractivity contribution in [3.8, 4) is 17.6 Å². The summed E-state index contributed by atoms with van der Waals surface area (Å²) < 4.78 is 12.0. The first-order valence-corrected chi connectivity index (χ1v) is 5.98. The molecular formula is C13H12N4O4. The summed E-state index contributed by atoms with van der Waals surface area (Å²) in [6.07, 6.45) is 1.32. The molecule has 21 heavy (non-hydrogen) atoms. The molecule has 0 fully saturated rings. The van der Waals surface area contributed by atoms with Gasteiger partial charge in [0, 0.05) is 6.07 Å². The summed E-state index contributed by atoms with van der Waals surface area (Å²) in [5.74, 6) is -0.176. The van der Waals surface area contributed by atoms with Crippen molar-refractivity contribution in [2.24, 2.45) is 0 Å². The summed E-state index contributed by atoms with van der Waals surface area (Å²) in [5.41, 5.74) is 0.354. The molecule has 0 aliphatic carbocycles. The lowest BCUT2D eigenvalue weighted by molar-refractivity contribution is 0.0690. The van der Waals surface area contributed by atoms with Gasteiger partial charge in [0.25, 0.3) is 0 Å². The van der Waals surface area contributed by atoms with Crippen LogP contribution in [0.1, 0.15) is 16.1 Å². The number of aromatic nitrogens is 3. The van der Waals surface area contributed by atoms with Gasteiger partial charge in [-0.15, -0.1) is 5.10 Å². The number of hydrogen-bond donors (Lipinski definition) is 1. The lowest BCUT2D eigenvalue weighted by Gasteiger charge is -2.10. The maximum Gasteiger partial charge on any atom is 0.358 e. The number of carbonyl (C=O) groups is 1. The van der Waals surface area contributed by atoms with Crippen LogP contribution in [0.2, 0.25) is 0 Å². The average Bonchev–Trinajstić information content (AvgIpc) is 2.96. The predicted molar refractivity (Wildman–Crippen MR) is 70.2 cm³/mol. The van der Waals surface area contributed by atoms with Gasteiger partial charge in [-0.2, -0.15) is 5.26 Å². The number of carboxylic acids is 1. The Morgan fingerprint density at radius 3 is 2.90 bits per heavy atom. The summed E-state index contributed by atoms with van der Waals surface area (Å²) in [6.45, 7) is 0.591. The zero-order valence-electron chi connectivity index (χ0n) is 11.2. The van der Waals surface area contributed by atoms with Gasteiger partial charge < -0.3 is 14.6 Å². The topological polar surface area (TPSA) is 110 Å². The second-order valence-corrected chi connectivity index (χ2v) is 4.00. The minimum atomic E-state index is -1.13. The molecule has 1 aromatic heterocycles. The van der Waals surface area contributed by atoms with E-state index in [9.17, 15) is 4.79 Å². The molecule has 0 atom stereocenters. The number of carboxylic acid groups (broad SMARTS) is 1. The SMILES string of the molecule is COc1cc(C#N)ccc1OCCn1cc(C(=O)O)nn1. The lowest BCUT2D eigenvalue weighted by Crippen LogP contribution is -2.09. The summed E-state index contributed by atoms with van der Waals surface area (Å²) in [4.78, 5) is 10.7. The first kappa shape index (κ1) is 14.3. The highest BCUT2D eigenvalue weighted by atomic mass is 16.5. The minimum absolute atomic E-state index is 0.119. The number of aromatic carboxylic acids is 1. The fourth-order valence-electron chi connectivity index (χ4n) is 1.61. The van der Waals surface area contributed by atoms with Crippen molar-refractivity contribution in [2.75, 3.05) is 13.7 Å². The fourth-order valence-corrected chi connectivity index (χ4v) is 1.61. The van der Waals surface area contributed by atoms with Crippen molar-refractivity contribution in [3.05, 3.63) is 35.7 Å². The predicted octanol–water partition coefficient (Wildman–Crippen LogP) is 0.936. The molecule has 1 heterocycles. The van der Waals surface area contributed by atoms with Crippen LogP contribution in [0.4, 0.5) is 0 Å². The van der Waals surface area contributed by atoms with Crippen LogP contribution in [-0.4, -0.2) is 39.8 Å².